The highest BCUT2D eigenvalue weighted by molar-refractivity contribution is 5.95. The number of hydrogen-bond acceptors (Lipinski definition) is 5. The summed E-state index contributed by atoms with van der Waals surface area (Å²) in [5, 5.41) is 10.2. The van der Waals surface area contributed by atoms with Gasteiger partial charge >= 0.3 is 6.09 Å². The van der Waals surface area contributed by atoms with Crippen molar-refractivity contribution >= 4 is 11.9 Å². The molecule has 1 atom stereocenters. The highest BCUT2D eigenvalue weighted by Crippen LogP contribution is 2.13. The number of ether oxygens (including phenoxy) is 2. The molecule has 1 aliphatic heterocycles. The fourth-order valence-corrected chi connectivity index (χ4v) is 2.95. The summed E-state index contributed by atoms with van der Waals surface area (Å²) in [5.41, 5.74) is 0.671. The van der Waals surface area contributed by atoms with E-state index in [0.29, 0.717) is 44.0 Å². The number of ketones is 1. The molecule has 1 saturated heterocycles. The molecule has 0 aliphatic carbocycles. The van der Waals surface area contributed by atoms with Gasteiger partial charge in [-0.25, -0.2) is 4.79 Å². The van der Waals surface area contributed by atoms with Gasteiger partial charge in [-0.15, -0.1) is 0 Å². The van der Waals surface area contributed by atoms with Crippen LogP contribution in [-0.4, -0.2) is 73.9 Å². The zero-order valence-electron chi connectivity index (χ0n) is 15.6. The van der Waals surface area contributed by atoms with Crippen LogP contribution in [0.2, 0.25) is 0 Å². The third kappa shape index (κ3) is 6.00. The zero-order valence-corrected chi connectivity index (χ0v) is 15.6. The lowest BCUT2D eigenvalue weighted by molar-refractivity contribution is -0.907. The number of rotatable bonds is 8. The van der Waals surface area contributed by atoms with Crippen LogP contribution in [0.15, 0.2) is 24.3 Å². The van der Waals surface area contributed by atoms with Gasteiger partial charge in [0.2, 0.25) is 0 Å². The topological polar surface area (TPSA) is 80.5 Å². The zero-order chi connectivity index (χ0) is 18.9. The lowest BCUT2D eigenvalue weighted by Gasteiger charge is -2.32. The van der Waals surface area contributed by atoms with Gasteiger partial charge in [0.15, 0.2) is 5.78 Å². The Bertz CT molecular complexity index is 582. The third-order valence-corrected chi connectivity index (χ3v) is 4.46. The number of aliphatic hydroxyl groups is 1. The molecule has 2 N–H and O–H groups in total. The first-order chi connectivity index (χ1) is 12.5. The molecule has 26 heavy (non-hydrogen) atoms. The molecule has 7 nitrogen and oxygen atoms in total. The molecule has 0 spiro atoms. The third-order valence-electron chi connectivity index (χ3n) is 4.46. The molecule has 0 unspecified atom stereocenters. The predicted octanol–water partition coefficient (Wildman–Crippen LogP) is 0.376. The number of carbonyl (C=O) groups excluding carboxylic acids is 2. The molecule has 7 heteroatoms. The van der Waals surface area contributed by atoms with Gasteiger partial charge in [0.1, 0.15) is 25.0 Å². The molecular formula is C19H29N2O5+. The molecule has 1 heterocycles. The quantitative estimate of drug-likeness (QED) is 0.651. The first-order valence-electron chi connectivity index (χ1n) is 9.22. The molecule has 0 saturated carbocycles. The molecule has 0 aromatic heterocycles. The number of aliphatic hydroxyl groups excluding tert-OH is 1. The number of nitrogens with zero attached hydrogens (tertiary/aromatic N) is 1. The maximum Gasteiger partial charge on any atom is 0.410 e. The van der Waals surface area contributed by atoms with Gasteiger partial charge in [-0.3, -0.25) is 9.69 Å². The van der Waals surface area contributed by atoms with Crippen molar-refractivity contribution in [3.63, 3.8) is 0 Å². The minimum atomic E-state index is -0.587. The van der Waals surface area contributed by atoms with Crippen molar-refractivity contribution in [2.45, 2.75) is 26.4 Å². The molecular weight excluding hydrogens is 336 g/mol. The predicted molar refractivity (Wildman–Crippen MR) is 96.7 cm³/mol. The Morgan fingerprint density at radius 2 is 1.85 bits per heavy atom. The van der Waals surface area contributed by atoms with Crippen LogP contribution in [0.3, 0.4) is 0 Å². The SMILES string of the molecule is CCOC(=O)N1CC[NH+](C[C@@H](O)COc2ccc(C(=O)CC)cc2)CC1. The second-order valence-corrected chi connectivity index (χ2v) is 6.41. The standard InChI is InChI=1S/C19H28N2O5/c1-3-18(23)15-5-7-17(8-6-15)26-14-16(22)13-20-9-11-21(12-10-20)19(24)25-4-2/h5-8,16,22H,3-4,9-14H2,1-2H3/p+1/t16-/m1/s1. The number of Topliss-reactive ketones (excluding diaryl/α,β-unsaturated/α-hetero) is 1. The Labute approximate surface area is 154 Å². The second-order valence-electron chi connectivity index (χ2n) is 6.41. The van der Waals surface area contributed by atoms with Crippen molar-refractivity contribution in [2.75, 3.05) is 45.9 Å². The minimum absolute atomic E-state index is 0.0992. The van der Waals surface area contributed by atoms with Crippen LogP contribution in [0.1, 0.15) is 30.6 Å². The van der Waals surface area contributed by atoms with Gasteiger partial charge in [0.25, 0.3) is 0 Å². The summed E-state index contributed by atoms with van der Waals surface area (Å²) in [6.07, 6.45) is -0.373. The lowest BCUT2D eigenvalue weighted by atomic mass is 10.1. The molecule has 1 fully saturated rings. The molecule has 1 aromatic rings. The summed E-state index contributed by atoms with van der Waals surface area (Å²) in [5.74, 6) is 0.737. The van der Waals surface area contributed by atoms with E-state index in [1.54, 1.807) is 36.1 Å². The second kappa shape index (κ2) is 10.1. The van der Waals surface area contributed by atoms with E-state index >= 15 is 0 Å². The first kappa shape index (κ1) is 20.2. The van der Waals surface area contributed by atoms with E-state index in [-0.39, 0.29) is 18.5 Å². The largest absolute Gasteiger partial charge is 0.491 e. The van der Waals surface area contributed by atoms with Crippen molar-refractivity contribution in [1.29, 1.82) is 0 Å². The van der Waals surface area contributed by atoms with Crippen LogP contribution in [-0.2, 0) is 4.74 Å². The van der Waals surface area contributed by atoms with Crippen LogP contribution < -0.4 is 9.64 Å². The van der Waals surface area contributed by atoms with E-state index in [2.05, 4.69) is 0 Å². The summed E-state index contributed by atoms with van der Waals surface area (Å²) in [4.78, 5) is 26.2. The average molecular weight is 365 g/mol. The minimum Gasteiger partial charge on any atom is -0.491 e. The molecule has 144 valence electrons. The van der Waals surface area contributed by atoms with Crippen LogP contribution in [0.5, 0.6) is 5.75 Å². The van der Waals surface area contributed by atoms with Gasteiger partial charge in [0, 0.05) is 12.0 Å². The van der Waals surface area contributed by atoms with Crippen molar-refractivity contribution in [3.8, 4) is 5.75 Å². The Balaban J connectivity index is 1.70. The van der Waals surface area contributed by atoms with Crippen molar-refractivity contribution in [1.82, 2.24) is 4.90 Å². The van der Waals surface area contributed by atoms with Crippen molar-refractivity contribution < 1.29 is 29.1 Å². The fraction of sp³-hybridized carbons (Fsp3) is 0.579. The van der Waals surface area contributed by atoms with E-state index in [1.165, 1.54) is 4.90 Å². The van der Waals surface area contributed by atoms with Crippen LogP contribution >= 0.6 is 0 Å². The molecule has 1 amide bonds. The highest BCUT2D eigenvalue weighted by atomic mass is 16.6. The average Bonchev–Trinajstić information content (AvgIpc) is 2.67. The monoisotopic (exact) mass is 365 g/mol. The fourth-order valence-electron chi connectivity index (χ4n) is 2.95. The van der Waals surface area contributed by atoms with Gasteiger partial charge in [-0.1, -0.05) is 6.92 Å². The summed E-state index contributed by atoms with van der Waals surface area (Å²) in [7, 11) is 0. The molecule has 2 rings (SSSR count). The van der Waals surface area contributed by atoms with Crippen molar-refractivity contribution in [3.05, 3.63) is 29.8 Å². The highest BCUT2D eigenvalue weighted by Gasteiger charge is 2.26. The first-order valence-corrected chi connectivity index (χ1v) is 9.22. The lowest BCUT2D eigenvalue weighted by Crippen LogP contribution is -3.16. The molecule has 1 aliphatic rings. The van der Waals surface area contributed by atoms with Gasteiger partial charge in [-0.2, -0.15) is 0 Å². The Kier molecular flexibility index (Phi) is 7.87. The van der Waals surface area contributed by atoms with Crippen LogP contribution in [0.4, 0.5) is 4.79 Å². The maximum absolute atomic E-state index is 11.7. The summed E-state index contributed by atoms with van der Waals surface area (Å²) >= 11 is 0. The Morgan fingerprint density at radius 1 is 1.19 bits per heavy atom. The van der Waals surface area contributed by atoms with E-state index in [9.17, 15) is 14.7 Å². The molecule has 0 bridgehead atoms. The summed E-state index contributed by atoms with van der Waals surface area (Å²) in [6, 6.07) is 6.99. The van der Waals surface area contributed by atoms with E-state index < -0.39 is 6.10 Å². The summed E-state index contributed by atoms with van der Waals surface area (Å²) in [6.45, 7) is 7.62. The maximum atomic E-state index is 11.7. The smallest absolute Gasteiger partial charge is 0.410 e. The van der Waals surface area contributed by atoms with Gasteiger partial charge in [-0.05, 0) is 31.2 Å². The number of benzene rings is 1. The van der Waals surface area contributed by atoms with Crippen molar-refractivity contribution in [2.24, 2.45) is 0 Å². The number of quaternary nitrogens is 1. The van der Waals surface area contributed by atoms with E-state index in [4.69, 9.17) is 9.47 Å². The Hall–Kier alpha value is -2.12. The van der Waals surface area contributed by atoms with Gasteiger partial charge in [0.05, 0.1) is 32.8 Å². The van der Waals surface area contributed by atoms with Gasteiger partial charge < -0.3 is 19.5 Å². The normalized spacial score (nSPS) is 16.2. The number of carbonyl (C=O) groups is 2. The van der Waals surface area contributed by atoms with Crippen LogP contribution in [0.25, 0.3) is 0 Å². The van der Waals surface area contributed by atoms with E-state index in [1.807, 2.05) is 6.92 Å². The number of piperazine rings is 1. The number of nitrogens with one attached hydrogen (secondary N) is 1. The number of hydrogen-bond donors (Lipinski definition) is 2. The van der Waals surface area contributed by atoms with E-state index in [0.717, 1.165) is 13.1 Å². The van der Waals surface area contributed by atoms with Crippen LogP contribution in [0, 0.1) is 0 Å². The molecule has 0 radical (unpaired) electrons. The number of amides is 1. The Morgan fingerprint density at radius 3 is 2.42 bits per heavy atom. The molecule has 1 aromatic carbocycles. The summed E-state index contributed by atoms with van der Waals surface area (Å²) < 4.78 is 10.6.